The smallest absolute Gasteiger partial charge is 0.293 e. The lowest BCUT2D eigenvalue weighted by Gasteiger charge is -2.38. The monoisotopic (exact) mass is 343 g/mol. The highest BCUT2D eigenvalue weighted by molar-refractivity contribution is 7.09. The second kappa shape index (κ2) is 6.95. The third-order valence-corrected chi connectivity index (χ3v) is 5.26. The minimum atomic E-state index is -0.416. The first kappa shape index (κ1) is 16.4. The number of thiazole rings is 1. The average Bonchev–Trinajstić information content (AvgIpc) is 3.15. The normalized spacial score (nSPS) is 16.6. The maximum absolute atomic E-state index is 11.3. The van der Waals surface area contributed by atoms with Crippen LogP contribution in [-0.4, -0.2) is 41.0 Å². The van der Waals surface area contributed by atoms with Crippen LogP contribution in [0.3, 0.4) is 0 Å². The molecule has 1 unspecified atom stereocenters. The molecule has 0 spiro atoms. The molecule has 124 valence electrons. The van der Waals surface area contributed by atoms with Crippen LogP contribution < -0.4 is 4.90 Å². The SMILES string of the molecule is CC(c1nccs1)N1CCN(c2ccc(C#N)cc2[N+](=O)[O-])CC1. The Hall–Kier alpha value is -2.50. The summed E-state index contributed by atoms with van der Waals surface area (Å²) in [5.74, 6) is 0. The fraction of sp³-hybridized carbons (Fsp3) is 0.375. The third-order valence-electron chi connectivity index (χ3n) is 4.31. The maximum Gasteiger partial charge on any atom is 0.293 e. The van der Waals surface area contributed by atoms with Crippen molar-refractivity contribution in [1.82, 2.24) is 9.88 Å². The molecule has 2 aromatic rings. The Kier molecular flexibility index (Phi) is 4.74. The standard InChI is InChI=1S/C16H17N5O2S/c1-12(16-18-4-9-24-16)19-5-7-20(8-6-19)14-3-2-13(11-17)10-15(14)21(22)23/h2-4,9-10,12H,5-8H2,1H3. The molecule has 1 atom stereocenters. The summed E-state index contributed by atoms with van der Waals surface area (Å²) in [5, 5.41) is 23.3. The van der Waals surface area contributed by atoms with Crippen molar-refractivity contribution in [3.8, 4) is 6.07 Å². The molecule has 24 heavy (non-hydrogen) atoms. The fourth-order valence-corrected chi connectivity index (χ4v) is 3.68. The van der Waals surface area contributed by atoms with E-state index in [2.05, 4.69) is 16.8 Å². The summed E-state index contributed by atoms with van der Waals surface area (Å²) in [4.78, 5) is 19.6. The van der Waals surface area contributed by atoms with Crippen molar-refractivity contribution in [2.24, 2.45) is 0 Å². The number of rotatable bonds is 4. The molecule has 0 saturated carbocycles. The Labute approximate surface area is 143 Å². The number of nitrogens with zero attached hydrogens (tertiary/aromatic N) is 5. The van der Waals surface area contributed by atoms with E-state index in [1.54, 1.807) is 23.5 Å². The largest absolute Gasteiger partial charge is 0.363 e. The molecule has 1 aliphatic heterocycles. The Morgan fingerprint density at radius 1 is 1.38 bits per heavy atom. The fourth-order valence-electron chi connectivity index (χ4n) is 2.95. The van der Waals surface area contributed by atoms with Crippen molar-refractivity contribution in [2.75, 3.05) is 31.1 Å². The van der Waals surface area contributed by atoms with E-state index < -0.39 is 4.92 Å². The molecule has 1 aromatic carbocycles. The van der Waals surface area contributed by atoms with Gasteiger partial charge in [-0.3, -0.25) is 15.0 Å². The van der Waals surface area contributed by atoms with E-state index in [-0.39, 0.29) is 11.7 Å². The van der Waals surface area contributed by atoms with Crippen LogP contribution in [0.1, 0.15) is 23.5 Å². The molecule has 0 radical (unpaired) electrons. The zero-order chi connectivity index (χ0) is 17.1. The van der Waals surface area contributed by atoms with Crippen LogP contribution in [0, 0.1) is 21.4 Å². The highest BCUT2D eigenvalue weighted by Gasteiger charge is 2.27. The number of anilines is 1. The molecule has 1 saturated heterocycles. The quantitative estimate of drug-likeness (QED) is 0.627. The van der Waals surface area contributed by atoms with Crippen LogP contribution in [0.25, 0.3) is 0 Å². The molecule has 8 heteroatoms. The molecule has 0 amide bonds. The van der Waals surface area contributed by atoms with E-state index >= 15 is 0 Å². The van der Waals surface area contributed by atoms with Crippen molar-refractivity contribution < 1.29 is 4.92 Å². The van der Waals surface area contributed by atoms with E-state index in [1.807, 2.05) is 22.5 Å². The van der Waals surface area contributed by atoms with Crippen LogP contribution in [0.2, 0.25) is 0 Å². The lowest BCUT2D eigenvalue weighted by atomic mass is 10.1. The minimum Gasteiger partial charge on any atom is -0.363 e. The Morgan fingerprint density at radius 3 is 2.71 bits per heavy atom. The topological polar surface area (TPSA) is 86.3 Å². The van der Waals surface area contributed by atoms with Gasteiger partial charge in [0.2, 0.25) is 0 Å². The first-order valence-electron chi connectivity index (χ1n) is 7.67. The van der Waals surface area contributed by atoms with Gasteiger partial charge in [-0.25, -0.2) is 4.98 Å². The molecule has 0 bridgehead atoms. The van der Waals surface area contributed by atoms with Gasteiger partial charge in [-0.15, -0.1) is 11.3 Å². The second-order valence-corrected chi connectivity index (χ2v) is 6.57. The van der Waals surface area contributed by atoms with Gasteiger partial charge in [0.25, 0.3) is 5.69 Å². The number of piperazine rings is 1. The lowest BCUT2D eigenvalue weighted by Crippen LogP contribution is -2.47. The molecule has 0 aliphatic carbocycles. The van der Waals surface area contributed by atoms with Crippen molar-refractivity contribution in [3.05, 3.63) is 50.5 Å². The number of hydrogen-bond donors (Lipinski definition) is 0. The predicted octanol–water partition coefficient (Wildman–Crippen LogP) is 2.81. The van der Waals surface area contributed by atoms with Crippen molar-refractivity contribution >= 4 is 22.7 Å². The summed E-state index contributed by atoms with van der Waals surface area (Å²) in [6, 6.07) is 6.86. The molecular weight excluding hydrogens is 326 g/mol. The van der Waals surface area contributed by atoms with Crippen LogP contribution in [0.15, 0.2) is 29.8 Å². The van der Waals surface area contributed by atoms with E-state index in [4.69, 9.17) is 5.26 Å². The molecule has 2 heterocycles. The van der Waals surface area contributed by atoms with Gasteiger partial charge in [0.15, 0.2) is 0 Å². The second-order valence-electron chi connectivity index (χ2n) is 5.64. The summed E-state index contributed by atoms with van der Waals surface area (Å²) in [6.45, 7) is 5.19. The summed E-state index contributed by atoms with van der Waals surface area (Å²) < 4.78 is 0. The average molecular weight is 343 g/mol. The van der Waals surface area contributed by atoms with Crippen molar-refractivity contribution in [1.29, 1.82) is 5.26 Å². The zero-order valence-corrected chi connectivity index (χ0v) is 14.1. The lowest BCUT2D eigenvalue weighted by molar-refractivity contribution is -0.384. The van der Waals surface area contributed by atoms with Gasteiger partial charge in [-0.05, 0) is 19.1 Å². The van der Waals surface area contributed by atoms with E-state index in [0.29, 0.717) is 24.3 Å². The minimum absolute atomic E-state index is 0.00419. The zero-order valence-electron chi connectivity index (χ0n) is 13.3. The molecule has 1 aromatic heterocycles. The van der Waals surface area contributed by atoms with Gasteiger partial charge in [-0.1, -0.05) is 0 Å². The van der Waals surface area contributed by atoms with E-state index in [1.165, 1.54) is 6.07 Å². The van der Waals surface area contributed by atoms with Gasteiger partial charge >= 0.3 is 0 Å². The van der Waals surface area contributed by atoms with Crippen molar-refractivity contribution in [2.45, 2.75) is 13.0 Å². The molecule has 3 rings (SSSR count). The highest BCUT2D eigenvalue weighted by Crippen LogP contribution is 2.31. The molecule has 1 fully saturated rings. The van der Waals surface area contributed by atoms with Gasteiger partial charge in [0.05, 0.1) is 22.6 Å². The number of hydrogen-bond acceptors (Lipinski definition) is 7. The predicted molar refractivity (Wildman–Crippen MR) is 92.1 cm³/mol. The Bertz CT molecular complexity index is 763. The van der Waals surface area contributed by atoms with Crippen LogP contribution in [0.4, 0.5) is 11.4 Å². The highest BCUT2D eigenvalue weighted by atomic mass is 32.1. The summed E-state index contributed by atoms with van der Waals surface area (Å²) in [7, 11) is 0. The summed E-state index contributed by atoms with van der Waals surface area (Å²) in [5.41, 5.74) is 0.887. The number of benzene rings is 1. The van der Waals surface area contributed by atoms with E-state index in [9.17, 15) is 10.1 Å². The maximum atomic E-state index is 11.3. The molecule has 0 N–H and O–H groups in total. The Morgan fingerprint density at radius 2 is 2.12 bits per heavy atom. The number of aromatic nitrogens is 1. The van der Waals surface area contributed by atoms with E-state index in [0.717, 1.165) is 18.1 Å². The van der Waals surface area contributed by atoms with Crippen molar-refractivity contribution in [3.63, 3.8) is 0 Å². The van der Waals surface area contributed by atoms with Crippen LogP contribution in [-0.2, 0) is 0 Å². The molecule has 1 aliphatic rings. The van der Waals surface area contributed by atoms with Crippen LogP contribution in [0.5, 0.6) is 0 Å². The number of nitro benzene ring substituents is 1. The Balaban J connectivity index is 1.73. The summed E-state index contributed by atoms with van der Waals surface area (Å²) >= 11 is 1.65. The summed E-state index contributed by atoms with van der Waals surface area (Å²) in [6.07, 6.45) is 1.81. The van der Waals surface area contributed by atoms with Gasteiger partial charge in [0.1, 0.15) is 10.7 Å². The first-order chi connectivity index (χ1) is 11.6. The molecular formula is C16H17N5O2S. The van der Waals surface area contributed by atoms with Crippen LogP contribution >= 0.6 is 11.3 Å². The van der Waals surface area contributed by atoms with Gasteiger partial charge in [0, 0.05) is 43.8 Å². The molecule has 7 nitrogen and oxygen atoms in total. The third kappa shape index (κ3) is 3.22. The van der Waals surface area contributed by atoms with Gasteiger partial charge in [-0.2, -0.15) is 5.26 Å². The first-order valence-corrected chi connectivity index (χ1v) is 8.55. The van der Waals surface area contributed by atoms with Gasteiger partial charge < -0.3 is 4.90 Å². The number of nitro groups is 1. The number of nitriles is 1.